The van der Waals surface area contributed by atoms with Gasteiger partial charge in [-0.1, -0.05) is 6.92 Å². The standard InChI is InChI=1S/C15H20N4O2/c1-4-7-18-13(5-6-17-18)10-16-14-9-15(19(20)21)12(3)8-11(14)2/h5-6,8-9,16H,4,7,10H2,1-3H3. The fourth-order valence-corrected chi connectivity index (χ4v) is 2.34. The van der Waals surface area contributed by atoms with Crippen molar-refractivity contribution in [2.75, 3.05) is 5.32 Å². The van der Waals surface area contributed by atoms with Crippen molar-refractivity contribution >= 4 is 11.4 Å². The van der Waals surface area contributed by atoms with Crippen LogP contribution >= 0.6 is 0 Å². The van der Waals surface area contributed by atoms with Gasteiger partial charge in [-0.3, -0.25) is 14.8 Å². The Morgan fingerprint density at radius 1 is 1.33 bits per heavy atom. The first-order chi connectivity index (χ1) is 10.0. The summed E-state index contributed by atoms with van der Waals surface area (Å²) in [4.78, 5) is 10.7. The lowest BCUT2D eigenvalue weighted by Crippen LogP contribution is -2.09. The van der Waals surface area contributed by atoms with Gasteiger partial charge < -0.3 is 5.32 Å². The lowest BCUT2D eigenvalue weighted by Gasteiger charge is -2.12. The third kappa shape index (κ3) is 3.39. The molecule has 1 heterocycles. The molecule has 2 rings (SSSR count). The van der Waals surface area contributed by atoms with Crippen molar-refractivity contribution in [3.8, 4) is 0 Å². The Morgan fingerprint density at radius 3 is 2.76 bits per heavy atom. The quantitative estimate of drug-likeness (QED) is 0.653. The van der Waals surface area contributed by atoms with Crippen molar-refractivity contribution < 1.29 is 4.92 Å². The summed E-state index contributed by atoms with van der Waals surface area (Å²) in [5.74, 6) is 0. The summed E-state index contributed by atoms with van der Waals surface area (Å²) in [6.45, 7) is 7.28. The summed E-state index contributed by atoms with van der Waals surface area (Å²) in [6, 6.07) is 5.40. The van der Waals surface area contributed by atoms with Crippen LogP contribution in [0.4, 0.5) is 11.4 Å². The van der Waals surface area contributed by atoms with Gasteiger partial charge in [0, 0.05) is 30.1 Å². The van der Waals surface area contributed by atoms with Gasteiger partial charge in [-0.05, 0) is 38.0 Å². The third-order valence-corrected chi connectivity index (χ3v) is 3.44. The van der Waals surface area contributed by atoms with Gasteiger partial charge in [0.2, 0.25) is 0 Å². The largest absolute Gasteiger partial charge is 0.379 e. The highest BCUT2D eigenvalue weighted by Crippen LogP contribution is 2.26. The van der Waals surface area contributed by atoms with E-state index in [9.17, 15) is 10.1 Å². The van der Waals surface area contributed by atoms with Crippen molar-refractivity contribution in [3.63, 3.8) is 0 Å². The predicted octanol–water partition coefficient (Wildman–Crippen LogP) is 3.43. The summed E-state index contributed by atoms with van der Waals surface area (Å²) in [7, 11) is 0. The minimum Gasteiger partial charge on any atom is -0.379 e. The van der Waals surface area contributed by atoms with Gasteiger partial charge >= 0.3 is 0 Å². The smallest absolute Gasteiger partial charge is 0.274 e. The molecule has 0 saturated carbocycles. The Hall–Kier alpha value is -2.37. The first-order valence-electron chi connectivity index (χ1n) is 7.03. The number of benzene rings is 1. The maximum absolute atomic E-state index is 11.0. The molecule has 6 nitrogen and oxygen atoms in total. The van der Waals surface area contributed by atoms with Crippen LogP contribution in [0.3, 0.4) is 0 Å². The molecule has 0 unspecified atom stereocenters. The molecular weight excluding hydrogens is 268 g/mol. The first-order valence-corrected chi connectivity index (χ1v) is 7.03. The van der Waals surface area contributed by atoms with E-state index in [2.05, 4.69) is 17.3 Å². The van der Waals surface area contributed by atoms with Gasteiger partial charge in [-0.2, -0.15) is 5.10 Å². The van der Waals surface area contributed by atoms with Gasteiger partial charge in [0.05, 0.1) is 17.2 Å². The van der Waals surface area contributed by atoms with E-state index < -0.39 is 0 Å². The molecule has 1 aromatic carbocycles. The van der Waals surface area contributed by atoms with E-state index in [0.717, 1.165) is 29.9 Å². The van der Waals surface area contributed by atoms with E-state index in [-0.39, 0.29) is 10.6 Å². The summed E-state index contributed by atoms with van der Waals surface area (Å²) >= 11 is 0. The molecule has 0 aliphatic carbocycles. The highest BCUT2D eigenvalue weighted by Gasteiger charge is 2.13. The number of hydrogen-bond donors (Lipinski definition) is 1. The Morgan fingerprint density at radius 2 is 2.10 bits per heavy atom. The molecule has 0 saturated heterocycles. The second-order valence-electron chi connectivity index (χ2n) is 5.11. The zero-order chi connectivity index (χ0) is 15.4. The summed E-state index contributed by atoms with van der Waals surface area (Å²) in [6.07, 6.45) is 2.79. The third-order valence-electron chi connectivity index (χ3n) is 3.44. The number of aromatic nitrogens is 2. The number of nitro groups is 1. The molecular formula is C15H20N4O2. The van der Waals surface area contributed by atoms with Crippen LogP contribution in [0.1, 0.15) is 30.2 Å². The average molecular weight is 288 g/mol. The predicted molar refractivity (Wildman–Crippen MR) is 82.4 cm³/mol. The molecule has 2 aromatic rings. The minimum atomic E-state index is -0.346. The lowest BCUT2D eigenvalue weighted by molar-refractivity contribution is -0.385. The first kappa shape index (κ1) is 15.0. The molecule has 1 N–H and O–H groups in total. The molecule has 0 fully saturated rings. The van der Waals surface area contributed by atoms with E-state index >= 15 is 0 Å². The highest BCUT2D eigenvalue weighted by atomic mass is 16.6. The van der Waals surface area contributed by atoms with Crippen LogP contribution < -0.4 is 5.32 Å². The molecule has 0 amide bonds. The Balaban J connectivity index is 2.18. The van der Waals surface area contributed by atoms with E-state index in [4.69, 9.17) is 0 Å². The van der Waals surface area contributed by atoms with Crippen molar-refractivity contribution in [1.29, 1.82) is 0 Å². The normalized spacial score (nSPS) is 10.6. The number of nitrogens with zero attached hydrogens (tertiary/aromatic N) is 3. The number of aryl methyl sites for hydroxylation is 3. The maximum Gasteiger partial charge on any atom is 0.274 e. The number of hydrogen-bond acceptors (Lipinski definition) is 4. The number of rotatable bonds is 6. The molecule has 0 atom stereocenters. The second-order valence-corrected chi connectivity index (χ2v) is 5.11. The van der Waals surface area contributed by atoms with Crippen LogP contribution in [0.2, 0.25) is 0 Å². The fourth-order valence-electron chi connectivity index (χ4n) is 2.34. The zero-order valence-electron chi connectivity index (χ0n) is 12.6. The molecule has 0 aliphatic heterocycles. The molecule has 112 valence electrons. The van der Waals surface area contributed by atoms with Crippen LogP contribution in [0.5, 0.6) is 0 Å². The average Bonchev–Trinajstić information content (AvgIpc) is 2.85. The van der Waals surface area contributed by atoms with Crippen LogP contribution in [-0.2, 0) is 13.1 Å². The Kier molecular flexibility index (Phi) is 4.57. The molecule has 6 heteroatoms. The lowest BCUT2D eigenvalue weighted by atomic mass is 10.1. The van der Waals surface area contributed by atoms with E-state index in [1.165, 1.54) is 0 Å². The molecule has 1 aromatic heterocycles. The van der Waals surface area contributed by atoms with Gasteiger partial charge in [0.1, 0.15) is 0 Å². The highest BCUT2D eigenvalue weighted by molar-refractivity contribution is 5.60. The maximum atomic E-state index is 11.0. The van der Waals surface area contributed by atoms with E-state index in [1.807, 2.05) is 23.7 Å². The van der Waals surface area contributed by atoms with Crippen LogP contribution in [0.25, 0.3) is 0 Å². The van der Waals surface area contributed by atoms with Crippen LogP contribution in [0, 0.1) is 24.0 Å². The van der Waals surface area contributed by atoms with E-state index in [0.29, 0.717) is 12.1 Å². The van der Waals surface area contributed by atoms with Crippen molar-refractivity contribution in [2.45, 2.75) is 40.3 Å². The zero-order valence-corrected chi connectivity index (χ0v) is 12.6. The minimum absolute atomic E-state index is 0.144. The summed E-state index contributed by atoms with van der Waals surface area (Å²) in [5.41, 5.74) is 3.68. The molecule has 0 aliphatic rings. The fraction of sp³-hybridized carbons (Fsp3) is 0.400. The molecule has 0 bridgehead atoms. The van der Waals surface area contributed by atoms with Crippen LogP contribution in [0.15, 0.2) is 24.4 Å². The Labute approximate surface area is 123 Å². The SMILES string of the molecule is CCCn1nccc1CNc1cc([N+](=O)[O-])c(C)cc1C. The molecule has 0 radical (unpaired) electrons. The van der Waals surface area contributed by atoms with Crippen molar-refractivity contribution in [1.82, 2.24) is 9.78 Å². The van der Waals surface area contributed by atoms with Gasteiger partial charge in [0.25, 0.3) is 5.69 Å². The Bertz CT molecular complexity index is 649. The topological polar surface area (TPSA) is 73.0 Å². The summed E-state index contributed by atoms with van der Waals surface area (Å²) < 4.78 is 1.95. The van der Waals surface area contributed by atoms with Gasteiger partial charge in [-0.25, -0.2) is 0 Å². The van der Waals surface area contributed by atoms with Gasteiger partial charge in [0.15, 0.2) is 0 Å². The summed E-state index contributed by atoms with van der Waals surface area (Å²) in [5, 5.41) is 18.6. The van der Waals surface area contributed by atoms with Crippen molar-refractivity contribution in [2.24, 2.45) is 0 Å². The number of nitro benzene ring substituents is 1. The van der Waals surface area contributed by atoms with Gasteiger partial charge in [-0.15, -0.1) is 0 Å². The van der Waals surface area contributed by atoms with E-state index in [1.54, 1.807) is 19.2 Å². The number of anilines is 1. The monoisotopic (exact) mass is 288 g/mol. The second kappa shape index (κ2) is 6.39. The van der Waals surface area contributed by atoms with Crippen LogP contribution in [-0.4, -0.2) is 14.7 Å². The molecule has 21 heavy (non-hydrogen) atoms. The molecule has 0 spiro atoms. The van der Waals surface area contributed by atoms with Crippen molar-refractivity contribution in [3.05, 3.63) is 51.3 Å². The number of nitrogens with one attached hydrogen (secondary N) is 1.